The van der Waals surface area contributed by atoms with Gasteiger partial charge in [0.15, 0.2) is 0 Å². The molecule has 0 amide bonds. The number of aryl methyl sites for hydroxylation is 1. The Kier molecular flexibility index (Phi) is 4.00. The number of anilines is 1. The fraction of sp³-hybridized carbons (Fsp3) is 0.133. The molecular weight excluding hydrogens is 244 g/mol. The monoisotopic (exact) mass is 258 g/mol. The lowest BCUT2D eigenvalue weighted by Crippen LogP contribution is -2.13. The van der Waals surface area contributed by atoms with Crippen LogP contribution in [-0.2, 0) is 0 Å². The van der Waals surface area contributed by atoms with E-state index in [0.717, 1.165) is 22.1 Å². The molecule has 0 atom stereocenters. The van der Waals surface area contributed by atoms with Gasteiger partial charge in [0.05, 0.1) is 0 Å². The average Bonchev–Trinajstić information content (AvgIpc) is 2.38. The van der Waals surface area contributed by atoms with Crippen LogP contribution >= 0.6 is 11.6 Å². The lowest BCUT2D eigenvalue weighted by atomic mass is 10.1. The van der Waals surface area contributed by atoms with E-state index in [1.54, 1.807) is 7.05 Å². The van der Waals surface area contributed by atoms with Gasteiger partial charge < -0.3 is 5.32 Å². The SMILES string of the molecule is CN=C(Nc1ccc(Cl)cc1)c1cccc(C)c1. The van der Waals surface area contributed by atoms with E-state index in [2.05, 4.69) is 29.4 Å². The minimum atomic E-state index is 0.728. The fourth-order valence-corrected chi connectivity index (χ4v) is 1.85. The van der Waals surface area contributed by atoms with Gasteiger partial charge in [-0.3, -0.25) is 4.99 Å². The number of aliphatic imine (C=N–C) groups is 1. The zero-order valence-electron chi connectivity index (χ0n) is 10.4. The molecule has 2 aromatic carbocycles. The molecule has 0 bridgehead atoms. The first-order chi connectivity index (χ1) is 8.69. The Morgan fingerprint density at radius 3 is 2.44 bits per heavy atom. The van der Waals surface area contributed by atoms with Crippen molar-refractivity contribution in [1.29, 1.82) is 0 Å². The number of hydrogen-bond acceptors (Lipinski definition) is 1. The summed E-state index contributed by atoms with van der Waals surface area (Å²) in [6, 6.07) is 15.8. The second kappa shape index (κ2) is 5.69. The number of nitrogens with one attached hydrogen (secondary N) is 1. The van der Waals surface area contributed by atoms with Crippen LogP contribution in [0.3, 0.4) is 0 Å². The highest BCUT2D eigenvalue weighted by Gasteiger charge is 2.03. The van der Waals surface area contributed by atoms with Crippen LogP contribution in [0.5, 0.6) is 0 Å². The molecule has 0 unspecified atom stereocenters. The molecule has 0 radical (unpaired) electrons. The standard InChI is InChI=1S/C15H15ClN2/c1-11-4-3-5-12(10-11)15(17-2)18-14-8-6-13(16)7-9-14/h3-10H,1-2H3,(H,17,18). The Labute approximate surface area is 112 Å². The lowest BCUT2D eigenvalue weighted by molar-refractivity contribution is 1.38. The first-order valence-corrected chi connectivity index (χ1v) is 6.13. The van der Waals surface area contributed by atoms with Crippen LogP contribution in [0.25, 0.3) is 0 Å². The summed E-state index contributed by atoms with van der Waals surface area (Å²) in [6.07, 6.45) is 0. The topological polar surface area (TPSA) is 24.4 Å². The summed E-state index contributed by atoms with van der Waals surface area (Å²) in [5, 5.41) is 4.02. The summed E-state index contributed by atoms with van der Waals surface area (Å²) in [6.45, 7) is 2.07. The summed E-state index contributed by atoms with van der Waals surface area (Å²) < 4.78 is 0. The van der Waals surface area contributed by atoms with Crippen molar-refractivity contribution >= 4 is 23.1 Å². The number of rotatable bonds is 2. The van der Waals surface area contributed by atoms with Crippen LogP contribution in [0.4, 0.5) is 5.69 Å². The molecule has 0 fully saturated rings. The van der Waals surface area contributed by atoms with Crippen molar-refractivity contribution in [3.8, 4) is 0 Å². The maximum Gasteiger partial charge on any atom is 0.132 e. The Hall–Kier alpha value is -1.80. The van der Waals surface area contributed by atoms with Crippen LogP contribution in [0, 0.1) is 6.92 Å². The number of halogens is 1. The highest BCUT2D eigenvalue weighted by atomic mass is 35.5. The van der Waals surface area contributed by atoms with Gasteiger partial charge in [0.2, 0.25) is 0 Å². The first kappa shape index (κ1) is 12.7. The molecule has 0 aliphatic heterocycles. The largest absolute Gasteiger partial charge is 0.340 e. The first-order valence-electron chi connectivity index (χ1n) is 5.75. The predicted molar refractivity (Wildman–Crippen MR) is 78.7 cm³/mol. The molecule has 0 aliphatic rings. The van der Waals surface area contributed by atoms with E-state index in [1.165, 1.54) is 5.56 Å². The van der Waals surface area contributed by atoms with E-state index in [1.807, 2.05) is 36.4 Å². The van der Waals surface area contributed by atoms with E-state index in [9.17, 15) is 0 Å². The third-order valence-corrected chi connectivity index (χ3v) is 2.87. The Balaban J connectivity index is 2.23. The molecule has 1 N–H and O–H groups in total. The van der Waals surface area contributed by atoms with E-state index in [-0.39, 0.29) is 0 Å². The van der Waals surface area contributed by atoms with Crippen molar-refractivity contribution in [2.24, 2.45) is 4.99 Å². The van der Waals surface area contributed by atoms with Crippen molar-refractivity contribution in [3.63, 3.8) is 0 Å². The maximum atomic E-state index is 5.86. The van der Waals surface area contributed by atoms with E-state index >= 15 is 0 Å². The molecule has 0 saturated heterocycles. The second-order valence-corrected chi connectivity index (χ2v) is 4.51. The highest BCUT2D eigenvalue weighted by Crippen LogP contribution is 2.15. The molecule has 0 aliphatic carbocycles. The van der Waals surface area contributed by atoms with Gasteiger partial charge >= 0.3 is 0 Å². The van der Waals surface area contributed by atoms with Crippen LogP contribution in [0.1, 0.15) is 11.1 Å². The summed E-state index contributed by atoms with van der Waals surface area (Å²) in [5.74, 6) is 0.848. The van der Waals surface area contributed by atoms with Crippen molar-refractivity contribution in [2.45, 2.75) is 6.92 Å². The molecule has 0 heterocycles. The minimum absolute atomic E-state index is 0.728. The zero-order valence-corrected chi connectivity index (χ0v) is 11.2. The smallest absolute Gasteiger partial charge is 0.132 e. The van der Waals surface area contributed by atoms with Crippen molar-refractivity contribution in [3.05, 3.63) is 64.7 Å². The lowest BCUT2D eigenvalue weighted by Gasteiger charge is -2.10. The van der Waals surface area contributed by atoms with Gasteiger partial charge in [-0.25, -0.2) is 0 Å². The minimum Gasteiger partial charge on any atom is -0.340 e. The van der Waals surface area contributed by atoms with Gasteiger partial charge in [-0.2, -0.15) is 0 Å². The molecule has 0 spiro atoms. The number of hydrogen-bond donors (Lipinski definition) is 1. The molecule has 2 rings (SSSR count). The van der Waals surface area contributed by atoms with Gasteiger partial charge in [0, 0.05) is 23.3 Å². The molecule has 18 heavy (non-hydrogen) atoms. The maximum absolute atomic E-state index is 5.86. The third-order valence-electron chi connectivity index (χ3n) is 2.62. The number of amidine groups is 1. The van der Waals surface area contributed by atoms with Crippen molar-refractivity contribution in [1.82, 2.24) is 0 Å². The van der Waals surface area contributed by atoms with Gasteiger partial charge in [-0.15, -0.1) is 0 Å². The molecule has 0 aromatic heterocycles. The summed E-state index contributed by atoms with van der Waals surface area (Å²) in [7, 11) is 1.78. The third kappa shape index (κ3) is 3.11. The van der Waals surface area contributed by atoms with Crippen molar-refractivity contribution < 1.29 is 0 Å². The van der Waals surface area contributed by atoms with Crippen LogP contribution in [-0.4, -0.2) is 12.9 Å². The van der Waals surface area contributed by atoms with Crippen LogP contribution in [0.15, 0.2) is 53.5 Å². The Morgan fingerprint density at radius 2 is 1.83 bits per heavy atom. The van der Waals surface area contributed by atoms with E-state index in [0.29, 0.717) is 0 Å². The number of nitrogens with zero attached hydrogens (tertiary/aromatic N) is 1. The van der Waals surface area contributed by atoms with Crippen LogP contribution < -0.4 is 5.32 Å². The van der Waals surface area contributed by atoms with Gasteiger partial charge in [-0.1, -0.05) is 35.4 Å². The average molecular weight is 259 g/mol. The molecule has 2 aromatic rings. The quantitative estimate of drug-likeness (QED) is 0.636. The number of benzene rings is 2. The van der Waals surface area contributed by atoms with Gasteiger partial charge in [0.25, 0.3) is 0 Å². The van der Waals surface area contributed by atoms with Gasteiger partial charge in [0.1, 0.15) is 5.84 Å². The molecule has 2 nitrogen and oxygen atoms in total. The Morgan fingerprint density at radius 1 is 1.11 bits per heavy atom. The zero-order chi connectivity index (χ0) is 13.0. The predicted octanol–water partition coefficient (Wildman–Crippen LogP) is 4.14. The molecule has 3 heteroatoms. The van der Waals surface area contributed by atoms with Gasteiger partial charge in [-0.05, 0) is 37.3 Å². The van der Waals surface area contributed by atoms with Crippen molar-refractivity contribution in [2.75, 3.05) is 12.4 Å². The molecule has 92 valence electrons. The summed E-state index contributed by atoms with van der Waals surface area (Å²) >= 11 is 5.86. The molecule has 0 saturated carbocycles. The van der Waals surface area contributed by atoms with E-state index in [4.69, 9.17) is 11.6 Å². The van der Waals surface area contributed by atoms with Crippen LogP contribution in [0.2, 0.25) is 5.02 Å². The highest BCUT2D eigenvalue weighted by molar-refractivity contribution is 6.30. The summed E-state index contributed by atoms with van der Waals surface area (Å²) in [5.41, 5.74) is 3.26. The fourth-order valence-electron chi connectivity index (χ4n) is 1.72. The normalized spacial score (nSPS) is 11.4. The Bertz CT molecular complexity index is 559. The van der Waals surface area contributed by atoms with E-state index < -0.39 is 0 Å². The molecular formula is C15H15ClN2. The second-order valence-electron chi connectivity index (χ2n) is 4.07. The summed E-state index contributed by atoms with van der Waals surface area (Å²) in [4.78, 5) is 4.29.